The molecule has 0 aliphatic heterocycles. The van der Waals surface area contributed by atoms with Crippen molar-refractivity contribution in [3.8, 4) is 0 Å². The van der Waals surface area contributed by atoms with E-state index in [9.17, 15) is 0 Å². The molecule has 0 fully saturated rings. The van der Waals surface area contributed by atoms with Crippen molar-refractivity contribution in [2.24, 2.45) is 0 Å². The molecule has 88 valence electrons. The number of hydrogen-bond acceptors (Lipinski definition) is 0. The molecule has 0 spiro atoms. The smallest absolute Gasteiger partial charge is 0.685 e. The molecule has 0 unspecified atom stereocenters. The molecule has 3 heteroatoms. The fraction of sp³-hybridized carbons (Fsp3) is 0.250. The summed E-state index contributed by atoms with van der Waals surface area (Å²) in [7, 11) is 0. The van der Waals surface area contributed by atoms with Gasteiger partial charge in [-0.05, 0) is 24.1 Å². The second kappa shape index (κ2) is 12.4. The summed E-state index contributed by atoms with van der Waals surface area (Å²) in [6.07, 6.45) is 9.76. The summed E-state index contributed by atoms with van der Waals surface area (Å²) >= 11 is 0. The standard InChI is InChI=1S/C8H10N.C8H8.2Li/c1-2-9-8-6-4-3-5-7-8;1-7-5-3-4-6-8(7)2;;/h3-7H,2H2,1H3;3,5H,1-2H3;;/q-1;;2*+1. The zero-order valence-corrected chi connectivity index (χ0v) is 12.7. The van der Waals surface area contributed by atoms with Gasteiger partial charge in [-0.3, -0.25) is 0 Å². The quantitative estimate of drug-likeness (QED) is 0.453. The van der Waals surface area contributed by atoms with Crippen LogP contribution in [0.4, 0.5) is 5.69 Å². The van der Waals surface area contributed by atoms with E-state index in [1.807, 2.05) is 56.3 Å². The van der Waals surface area contributed by atoms with Crippen LogP contribution in [0.2, 0.25) is 0 Å². The van der Waals surface area contributed by atoms with Gasteiger partial charge in [-0.25, -0.2) is 0 Å². The Morgan fingerprint density at radius 1 is 1.11 bits per heavy atom. The molecule has 0 bridgehead atoms. The minimum absolute atomic E-state index is 0. The molecular formula is C16H18Li2N+. The van der Waals surface area contributed by atoms with E-state index in [4.69, 9.17) is 0 Å². The van der Waals surface area contributed by atoms with E-state index < -0.39 is 0 Å². The Bertz CT molecular complexity index is 400. The molecular weight excluding hydrogens is 220 g/mol. The third-order valence-corrected chi connectivity index (χ3v) is 2.36. The molecule has 1 aliphatic rings. The van der Waals surface area contributed by atoms with E-state index in [0.29, 0.717) is 0 Å². The molecule has 0 saturated carbocycles. The number of hydrogen-bond donors (Lipinski definition) is 0. The molecule has 0 heterocycles. The fourth-order valence-electron chi connectivity index (χ4n) is 1.26. The molecule has 0 amide bonds. The van der Waals surface area contributed by atoms with Crippen LogP contribution >= 0.6 is 0 Å². The Balaban J connectivity index is 0. The van der Waals surface area contributed by atoms with Crippen LogP contribution in [-0.2, 0) is 0 Å². The molecule has 0 radical (unpaired) electrons. The largest absolute Gasteiger partial charge is 1.00 e. The molecule has 1 aromatic carbocycles. The Hall–Kier alpha value is -0.655. The van der Waals surface area contributed by atoms with Crippen LogP contribution in [-0.4, -0.2) is 6.54 Å². The first-order valence-electron chi connectivity index (χ1n) is 5.82. The van der Waals surface area contributed by atoms with Crippen molar-refractivity contribution < 1.29 is 37.7 Å². The third-order valence-electron chi connectivity index (χ3n) is 2.36. The molecule has 19 heavy (non-hydrogen) atoms. The first kappa shape index (κ1) is 20.7. The zero-order chi connectivity index (χ0) is 12.5. The van der Waals surface area contributed by atoms with E-state index in [1.54, 1.807) is 0 Å². The molecule has 0 N–H and O–H groups in total. The van der Waals surface area contributed by atoms with Crippen molar-refractivity contribution in [1.29, 1.82) is 0 Å². The van der Waals surface area contributed by atoms with Crippen molar-refractivity contribution in [3.05, 3.63) is 71.1 Å². The van der Waals surface area contributed by atoms with Gasteiger partial charge in [-0.2, -0.15) is 0 Å². The Morgan fingerprint density at radius 3 is 2.16 bits per heavy atom. The number of allylic oxidation sites excluding steroid dienone is 6. The summed E-state index contributed by atoms with van der Waals surface area (Å²) in [5.74, 6) is 0. The van der Waals surface area contributed by atoms with Crippen LogP contribution in [0.5, 0.6) is 0 Å². The van der Waals surface area contributed by atoms with Gasteiger partial charge < -0.3 is 5.32 Å². The number of para-hydroxylation sites is 1. The van der Waals surface area contributed by atoms with Crippen LogP contribution in [0.25, 0.3) is 5.32 Å². The third kappa shape index (κ3) is 8.96. The first-order chi connectivity index (χ1) is 8.24. The predicted octanol–water partition coefficient (Wildman–Crippen LogP) is -1.23. The minimum Gasteiger partial charge on any atom is -0.685 e. The van der Waals surface area contributed by atoms with E-state index in [-0.39, 0.29) is 37.7 Å². The van der Waals surface area contributed by atoms with Crippen molar-refractivity contribution in [2.75, 3.05) is 6.54 Å². The summed E-state index contributed by atoms with van der Waals surface area (Å²) in [5, 5.41) is 4.21. The van der Waals surface area contributed by atoms with Gasteiger partial charge in [-0.15, -0.1) is 12.2 Å². The second-order valence-electron chi connectivity index (χ2n) is 3.72. The minimum atomic E-state index is 0. The Labute approximate surface area is 141 Å². The molecule has 0 aromatic heterocycles. The monoisotopic (exact) mass is 238 g/mol. The van der Waals surface area contributed by atoms with Crippen molar-refractivity contribution in [1.82, 2.24) is 0 Å². The summed E-state index contributed by atoms with van der Waals surface area (Å²) in [6, 6.07) is 9.99. The van der Waals surface area contributed by atoms with Gasteiger partial charge in [0, 0.05) is 6.08 Å². The average molecular weight is 238 g/mol. The SMILES string of the molecule is CC1=C(C)C=C[C+]=[C-]1.CC[N-]c1ccccc1.[Li+].[Li+]. The van der Waals surface area contributed by atoms with Crippen LogP contribution in [0, 0.1) is 12.2 Å². The van der Waals surface area contributed by atoms with Crippen LogP contribution in [0.3, 0.4) is 0 Å². The van der Waals surface area contributed by atoms with Crippen molar-refractivity contribution in [2.45, 2.75) is 20.8 Å². The van der Waals surface area contributed by atoms with Gasteiger partial charge in [0.25, 0.3) is 0 Å². The Morgan fingerprint density at radius 2 is 1.74 bits per heavy atom. The predicted molar refractivity (Wildman–Crippen MR) is 74.0 cm³/mol. The summed E-state index contributed by atoms with van der Waals surface area (Å²) in [5.41, 5.74) is 3.54. The first-order valence-corrected chi connectivity index (χ1v) is 5.82. The second-order valence-corrected chi connectivity index (χ2v) is 3.72. The Kier molecular flexibility index (Phi) is 13.5. The van der Waals surface area contributed by atoms with Gasteiger partial charge >= 0.3 is 37.7 Å². The van der Waals surface area contributed by atoms with Gasteiger partial charge in [0.2, 0.25) is 0 Å². The zero-order valence-electron chi connectivity index (χ0n) is 12.7. The fourth-order valence-corrected chi connectivity index (χ4v) is 1.26. The molecule has 2 rings (SSSR count). The number of benzene rings is 1. The van der Waals surface area contributed by atoms with Crippen molar-refractivity contribution in [3.63, 3.8) is 0 Å². The van der Waals surface area contributed by atoms with Crippen molar-refractivity contribution >= 4 is 5.69 Å². The van der Waals surface area contributed by atoms with Gasteiger partial charge in [0.1, 0.15) is 0 Å². The average Bonchev–Trinajstić information content (AvgIpc) is 2.36. The van der Waals surface area contributed by atoms with Gasteiger partial charge in [0.15, 0.2) is 0 Å². The van der Waals surface area contributed by atoms with Gasteiger partial charge in [0.05, 0.1) is 0 Å². The number of rotatable bonds is 2. The summed E-state index contributed by atoms with van der Waals surface area (Å²) in [6.45, 7) is 7.00. The van der Waals surface area contributed by atoms with Gasteiger partial charge in [-0.1, -0.05) is 56.3 Å². The topological polar surface area (TPSA) is 14.1 Å². The maximum absolute atomic E-state index is 4.21. The van der Waals surface area contributed by atoms with E-state index in [0.717, 1.165) is 12.2 Å². The molecule has 1 aromatic rings. The van der Waals surface area contributed by atoms with E-state index in [1.165, 1.54) is 11.1 Å². The molecule has 0 saturated heterocycles. The molecule has 0 atom stereocenters. The van der Waals surface area contributed by atoms with E-state index in [2.05, 4.69) is 24.4 Å². The number of nitrogens with zero attached hydrogens (tertiary/aromatic N) is 1. The summed E-state index contributed by atoms with van der Waals surface area (Å²) in [4.78, 5) is 0. The molecule has 1 aliphatic carbocycles. The van der Waals surface area contributed by atoms with E-state index >= 15 is 0 Å². The summed E-state index contributed by atoms with van der Waals surface area (Å²) < 4.78 is 0. The normalized spacial score (nSPS) is 11.3. The van der Waals surface area contributed by atoms with Crippen LogP contribution in [0.1, 0.15) is 20.8 Å². The van der Waals surface area contributed by atoms with Crippen LogP contribution in [0.15, 0.2) is 53.6 Å². The van der Waals surface area contributed by atoms with Crippen LogP contribution < -0.4 is 37.7 Å². The maximum atomic E-state index is 4.21. The maximum Gasteiger partial charge on any atom is 1.00 e. The molecule has 1 nitrogen and oxygen atoms in total.